The average molecular weight is 349 g/mol. The number of fused-ring (bicyclic) bond motifs is 1. The number of imidazole rings is 1. The summed E-state index contributed by atoms with van der Waals surface area (Å²) < 4.78 is 0. The van der Waals surface area contributed by atoms with Gasteiger partial charge in [-0.1, -0.05) is 24.2 Å². The zero-order valence-corrected chi connectivity index (χ0v) is 14.3. The van der Waals surface area contributed by atoms with Gasteiger partial charge in [-0.2, -0.15) is 0 Å². The SMILES string of the molecule is CC[C@@H](NC(=O)[C@H]1CC(c2cccnc2)=NO1)c1nc2ccccc2[nH]1. The highest BCUT2D eigenvalue weighted by Gasteiger charge is 2.30. The minimum absolute atomic E-state index is 0.194. The van der Waals surface area contributed by atoms with E-state index < -0.39 is 6.10 Å². The number of para-hydroxylation sites is 2. The third kappa shape index (κ3) is 3.15. The number of nitrogens with one attached hydrogen (secondary N) is 2. The fourth-order valence-electron chi connectivity index (χ4n) is 2.99. The number of hydrogen-bond donors (Lipinski definition) is 2. The Balaban J connectivity index is 1.44. The molecule has 26 heavy (non-hydrogen) atoms. The predicted molar refractivity (Wildman–Crippen MR) is 97.5 cm³/mol. The smallest absolute Gasteiger partial charge is 0.264 e. The van der Waals surface area contributed by atoms with E-state index in [2.05, 4.69) is 25.4 Å². The Bertz CT molecular complexity index is 918. The molecular weight excluding hydrogens is 330 g/mol. The van der Waals surface area contributed by atoms with Crippen molar-refractivity contribution in [2.24, 2.45) is 5.16 Å². The van der Waals surface area contributed by atoms with Crippen molar-refractivity contribution in [2.45, 2.75) is 31.9 Å². The molecule has 3 aromatic rings. The van der Waals surface area contributed by atoms with Gasteiger partial charge in [-0.25, -0.2) is 4.98 Å². The molecule has 0 saturated carbocycles. The first-order valence-electron chi connectivity index (χ1n) is 8.62. The molecule has 0 spiro atoms. The Morgan fingerprint density at radius 2 is 2.23 bits per heavy atom. The molecule has 1 aliphatic heterocycles. The van der Waals surface area contributed by atoms with Crippen LogP contribution < -0.4 is 5.32 Å². The number of carbonyl (C=O) groups is 1. The first-order valence-corrected chi connectivity index (χ1v) is 8.62. The number of carbonyl (C=O) groups excluding carboxylic acids is 1. The minimum Gasteiger partial charge on any atom is -0.382 e. The van der Waals surface area contributed by atoms with Crippen LogP contribution in [0.25, 0.3) is 11.0 Å². The van der Waals surface area contributed by atoms with Crippen molar-refractivity contribution in [3.05, 3.63) is 60.2 Å². The van der Waals surface area contributed by atoms with Gasteiger partial charge >= 0.3 is 0 Å². The average Bonchev–Trinajstić information content (AvgIpc) is 3.33. The molecule has 0 aliphatic carbocycles. The van der Waals surface area contributed by atoms with E-state index in [9.17, 15) is 4.79 Å². The van der Waals surface area contributed by atoms with Crippen LogP contribution in [0, 0.1) is 0 Å². The third-order valence-corrected chi connectivity index (χ3v) is 4.42. The molecule has 7 heteroatoms. The van der Waals surface area contributed by atoms with Gasteiger partial charge in [0.1, 0.15) is 5.82 Å². The monoisotopic (exact) mass is 349 g/mol. The Hall–Kier alpha value is -3.22. The summed E-state index contributed by atoms with van der Waals surface area (Å²) in [5.74, 6) is 0.549. The molecule has 1 amide bonds. The van der Waals surface area contributed by atoms with Gasteiger partial charge in [0.15, 0.2) is 0 Å². The molecule has 0 radical (unpaired) electrons. The van der Waals surface area contributed by atoms with Gasteiger partial charge in [0.2, 0.25) is 6.10 Å². The van der Waals surface area contributed by atoms with Crippen LogP contribution in [0.3, 0.4) is 0 Å². The number of benzene rings is 1. The van der Waals surface area contributed by atoms with Gasteiger partial charge in [0.05, 0.1) is 22.8 Å². The lowest BCUT2D eigenvalue weighted by Gasteiger charge is -2.16. The van der Waals surface area contributed by atoms with Gasteiger partial charge in [-0.05, 0) is 30.7 Å². The van der Waals surface area contributed by atoms with Crippen molar-refractivity contribution in [1.29, 1.82) is 0 Å². The van der Waals surface area contributed by atoms with Gasteiger partial charge in [-0.3, -0.25) is 9.78 Å². The fourth-order valence-corrected chi connectivity index (χ4v) is 2.99. The summed E-state index contributed by atoms with van der Waals surface area (Å²) in [5, 5.41) is 7.05. The molecule has 3 heterocycles. The zero-order chi connectivity index (χ0) is 17.9. The second kappa shape index (κ2) is 6.95. The van der Waals surface area contributed by atoms with Crippen LogP contribution in [-0.2, 0) is 9.63 Å². The number of H-pyrrole nitrogens is 1. The molecular formula is C19H19N5O2. The van der Waals surface area contributed by atoms with E-state index in [1.807, 2.05) is 43.3 Å². The number of aromatic amines is 1. The summed E-state index contributed by atoms with van der Waals surface area (Å²) in [5.41, 5.74) is 3.44. The lowest BCUT2D eigenvalue weighted by molar-refractivity contribution is -0.132. The first kappa shape index (κ1) is 16.3. The molecule has 0 unspecified atom stereocenters. The van der Waals surface area contributed by atoms with E-state index >= 15 is 0 Å². The van der Waals surface area contributed by atoms with Crippen molar-refractivity contribution in [3.63, 3.8) is 0 Å². The molecule has 0 bridgehead atoms. The highest BCUT2D eigenvalue weighted by atomic mass is 16.6. The topological polar surface area (TPSA) is 92.3 Å². The Kier molecular flexibility index (Phi) is 4.35. The van der Waals surface area contributed by atoms with Crippen LogP contribution in [0.5, 0.6) is 0 Å². The standard InChI is InChI=1S/C19H19N5O2/c1-2-13(18-21-14-7-3-4-8-15(14)22-18)23-19(25)17-10-16(24-26-17)12-6-5-9-20-11-12/h3-9,11,13,17H,2,10H2,1H3,(H,21,22)(H,23,25)/t13-,17-/m1/s1. The summed E-state index contributed by atoms with van der Waals surface area (Å²) in [7, 11) is 0. The van der Waals surface area contributed by atoms with Gasteiger partial charge < -0.3 is 15.1 Å². The summed E-state index contributed by atoms with van der Waals surface area (Å²) in [6, 6.07) is 11.3. The molecule has 0 fully saturated rings. The molecule has 132 valence electrons. The Labute approximate surface area is 150 Å². The summed E-state index contributed by atoms with van der Waals surface area (Å²) in [6.45, 7) is 2.01. The van der Waals surface area contributed by atoms with Gasteiger partial charge in [0, 0.05) is 24.4 Å². The van der Waals surface area contributed by atoms with E-state index in [0.717, 1.165) is 28.1 Å². The second-order valence-electron chi connectivity index (χ2n) is 6.19. The highest BCUT2D eigenvalue weighted by molar-refractivity contribution is 6.03. The largest absolute Gasteiger partial charge is 0.382 e. The summed E-state index contributed by atoms with van der Waals surface area (Å²) in [4.78, 5) is 29.9. The third-order valence-electron chi connectivity index (χ3n) is 4.42. The molecule has 2 atom stereocenters. The number of oxime groups is 1. The Morgan fingerprint density at radius 1 is 1.35 bits per heavy atom. The van der Waals surface area contributed by atoms with Crippen molar-refractivity contribution >= 4 is 22.7 Å². The number of rotatable bonds is 5. The van der Waals surface area contributed by atoms with Crippen LogP contribution in [-0.4, -0.2) is 32.7 Å². The van der Waals surface area contributed by atoms with Gasteiger partial charge in [-0.15, -0.1) is 0 Å². The van der Waals surface area contributed by atoms with E-state index in [1.54, 1.807) is 12.4 Å². The lowest BCUT2D eigenvalue weighted by atomic mass is 10.1. The van der Waals surface area contributed by atoms with E-state index in [4.69, 9.17) is 4.84 Å². The van der Waals surface area contributed by atoms with Crippen molar-refractivity contribution in [1.82, 2.24) is 20.3 Å². The van der Waals surface area contributed by atoms with Crippen LogP contribution in [0.15, 0.2) is 53.9 Å². The van der Waals surface area contributed by atoms with Crippen LogP contribution >= 0.6 is 0 Å². The molecule has 2 aromatic heterocycles. The Morgan fingerprint density at radius 3 is 3.00 bits per heavy atom. The molecule has 1 aromatic carbocycles. The number of pyridine rings is 1. The van der Waals surface area contributed by atoms with Crippen molar-refractivity contribution in [3.8, 4) is 0 Å². The quantitative estimate of drug-likeness (QED) is 0.741. The zero-order valence-electron chi connectivity index (χ0n) is 14.3. The normalized spacial score (nSPS) is 17.6. The summed E-state index contributed by atoms with van der Waals surface area (Å²) >= 11 is 0. The van der Waals surface area contributed by atoms with E-state index in [1.165, 1.54) is 0 Å². The molecule has 1 aliphatic rings. The second-order valence-corrected chi connectivity index (χ2v) is 6.19. The maximum atomic E-state index is 12.6. The van der Waals surface area contributed by atoms with Crippen LogP contribution in [0.2, 0.25) is 0 Å². The number of nitrogens with zero attached hydrogens (tertiary/aromatic N) is 3. The molecule has 0 saturated heterocycles. The minimum atomic E-state index is -0.636. The maximum Gasteiger partial charge on any atom is 0.264 e. The van der Waals surface area contributed by atoms with Crippen LogP contribution in [0.1, 0.15) is 37.2 Å². The number of amides is 1. The maximum absolute atomic E-state index is 12.6. The lowest BCUT2D eigenvalue weighted by Crippen LogP contribution is -2.37. The van der Waals surface area contributed by atoms with E-state index in [-0.39, 0.29) is 11.9 Å². The van der Waals surface area contributed by atoms with Crippen LogP contribution in [0.4, 0.5) is 0 Å². The summed E-state index contributed by atoms with van der Waals surface area (Å²) in [6.07, 6.45) is 3.92. The fraction of sp³-hybridized carbons (Fsp3) is 0.263. The highest BCUT2D eigenvalue weighted by Crippen LogP contribution is 2.21. The molecule has 2 N–H and O–H groups in total. The number of aromatic nitrogens is 3. The van der Waals surface area contributed by atoms with Crippen molar-refractivity contribution in [2.75, 3.05) is 0 Å². The molecule has 4 rings (SSSR count). The van der Waals surface area contributed by atoms with Gasteiger partial charge in [0.25, 0.3) is 5.91 Å². The molecule has 7 nitrogen and oxygen atoms in total. The first-order chi connectivity index (χ1) is 12.7. The number of hydrogen-bond acceptors (Lipinski definition) is 5. The van der Waals surface area contributed by atoms with Crippen molar-refractivity contribution < 1.29 is 9.63 Å². The predicted octanol–water partition coefficient (Wildman–Crippen LogP) is 2.72. The van der Waals surface area contributed by atoms with E-state index in [0.29, 0.717) is 12.8 Å².